The first-order valence-corrected chi connectivity index (χ1v) is 7.20. The fourth-order valence-electron chi connectivity index (χ4n) is 2.76. The number of ether oxygens (including phenoxy) is 1. The van der Waals surface area contributed by atoms with E-state index in [2.05, 4.69) is 35.8 Å². The Labute approximate surface area is 119 Å². The van der Waals surface area contributed by atoms with Crippen molar-refractivity contribution in [1.29, 1.82) is 0 Å². The van der Waals surface area contributed by atoms with Crippen molar-refractivity contribution in [3.05, 3.63) is 35.9 Å². The summed E-state index contributed by atoms with van der Waals surface area (Å²) in [5, 5.41) is 6.50. The monoisotopic (exact) mass is 272 g/mol. The molecule has 106 valence electrons. The smallest absolute Gasteiger partial charge is 0.262 e. The van der Waals surface area contributed by atoms with Crippen LogP contribution in [0.3, 0.4) is 0 Å². The highest BCUT2D eigenvalue weighted by Gasteiger charge is 2.19. The van der Waals surface area contributed by atoms with Gasteiger partial charge in [-0.2, -0.15) is 0 Å². The van der Waals surface area contributed by atoms with Crippen molar-refractivity contribution < 1.29 is 9.53 Å². The maximum absolute atomic E-state index is 11.4. The van der Waals surface area contributed by atoms with Gasteiger partial charge in [-0.15, -0.1) is 0 Å². The number of rotatable bonds is 3. The van der Waals surface area contributed by atoms with Crippen LogP contribution in [0.25, 0.3) is 0 Å². The molecule has 0 aromatic heterocycles. The molecule has 0 spiro atoms. The van der Waals surface area contributed by atoms with E-state index in [1.807, 2.05) is 12.1 Å². The number of amides is 1. The molecule has 0 saturated heterocycles. The first kappa shape index (κ1) is 13.2. The number of hydrogen-bond acceptors (Lipinski definition) is 3. The summed E-state index contributed by atoms with van der Waals surface area (Å²) in [5.41, 5.74) is 1.94. The molecule has 1 aromatic carbocycles. The van der Waals surface area contributed by atoms with Gasteiger partial charge in [0.05, 0.1) is 5.69 Å². The van der Waals surface area contributed by atoms with Crippen LogP contribution in [0, 0.1) is 0 Å². The van der Waals surface area contributed by atoms with E-state index in [9.17, 15) is 4.79 Å². The number of carbonyl (C=O) groups excluding carboxylic acids is 1. The van der Waals surface area contributed by atoms with Crippen LogP contribution >= 0.6 is 0 Å². The van der Waals surface area contributed by atoms with Crippen molar-refractivity contribution in [2.45, 2.75) is 38.3 Å². The highest BCUT2D eigenvalue weighted by atomic mass is 16.5. The molecule has 3 rings (SSSR count). The van der Waals surface area contributed by atoms with Crippen LogP contribution in [0.2, 0.25) is 0 Å². The van der Waals surface area contributed by atoms with Crippen molar-refractivity contribution in [2.75, 3.05) is 11.9 Å². The van der Waals surface area contributed by atoms with Gasteiger partial charge < -0.3 is 15.4 Å². The molecule has 4 nitrogen and oxygen atoms in total. The molecule has 0 saturated carbocycles. The predicted molar refractivity (Wildman–Crippen MR) is 78.9 cm³/mol. The fourth-order valence-corrected chi connectivity index (χ4v) is 2.76. The van der Waals surface area contributed by atoms with Gasteiger partial charge in [-0.1, -0.05) is 18.2 Å². The standard InChI is InChI=1S/C16H20N2O2/c1-11(17-13-5-3-2-4-6-13)12-7-8-15-14(9-12)18-16(19)10-20-15/h2-3,7-9,11,13,17H,4-6,10H2,1H3,(H,18,19). The number of anilines is 1. The average Bonchev–Trinajstić information content (AvgIpc) is 2.47. The second-order valence-corrected chi connectivity index (χ2v) is 5.46. The summed E-state index contributed by atoms with van der Waals surface area (Å²) >= 11 is 0. The summed E-state index contributed by atoms with van der Waals surface area (Å²) in [6.45, 7) is 2.26. The van der Waals surface area contributed by atoms with Gasteiger partial charge in [-0.3, -0.25) is 4.79 Å². The molecule has 2 atom stereocenters. The third kappa shape index (κ3) is 2.85. The minimum atomic E-state index is -0.0901. The zero-order chi connectivity index (χ0) is 13.9. The SMILES string of the molecule is CC(NC1CC=CCC1)c1ccc2c(c1)NC(=O)CO2. The molecular weight excluding hydrogens is 252 g/mol. The van der Waals surface area contributed by atoms with E-state index in [0.29, 0.717) is 6.04 Å². The zero-order valence-corrected chi connectivity index (χ0v) is 11.7. The van der Waals surface area contributed by atoms with Crippen molar-refractivity contribution >= 4 is 11.6 Å². The van der Waals surface area contributed by atoms with E-state index in [0.717, 1.165) is 24.3 Å². The molecule has 1 heterocycles. The van der Waals surface area contributed by atoms with Crippen LogP contribution < -0.4 is 15.4 Å². The Hall–Kier alpha value is -1.81. The van der Waals surface area contributed by atoms with Crippen LogP contribution in [-0.2, 0) is 4.79 Å². The predicted octanol–water partition coefficient (Wildman–Crippen LogP) is 2.78. The Kier molecular flexibility index (Phi) is 3.74. The fraction of sp³-hybridized carbons (Fsp3) is 0.438. The molecule has 1 amide bonds. The number of fused-ring (bicyclic) bond motifs is 1. The highest BCUT2D eigenvalue weighted by Crippen LogP contribution is 2.30. The lowest BCUT2D eigenvalue weighted by Gasteiger charge is -2.25. The molecule has 4 heteroatoms. The van der Waals surface area contributed by atoms with Crippen LogP contribution in [0.15, 0.2) is 30.4 Å². The van der Waals surface area contributed by atoms with Gasteiger partial charge in [0, 0.05) is 12.1 Å². The Morgan fingerprint density at radius 3 is 3.10 bits per heavy atom. The third-order valence-electron chi connectivity index (χ3n) is 3.89. The van der Waals surface area contributed by atoms with Gasteiger partial charge in [0.1, 0.15) is 5.75 Å². The molecule has 2 N–H and O–H groups in total. The normalized spacial score (nSPS) is 22.6. The molecule has 20 heavy (non-hydrogen) atoms. The number of hydrogen-bond donors (Lipinski definition) is 2. The lowest BCUT2D eigenvalue weighted by molar-refractivity contribution is -0.118. The van der Waals surface area contributed by atoms with Crippen molar-refractivity contribution in [3.8, 4) is 5.75 Å². The minimum absolute atomic E-state index is 0.0901. The van der Waals surface area contributed by atoms with E-state index < -0.39 is 0 Å². The molecule has 1 aromatic rings. The van der Waals surface area contributed by atoms with Crippen LogP contribution in [0.5, 0.6) is 5.75 Å². The maximum Gasteiger partial charge on any atom is 0.262 e. The maximum atomic E-state index is 11.4. The van der Waals surface area contributed by atoms with Crippen molar-refractivity contribution in [3.63, 3.8) is 0 Å². The van der Waals surface area contributed by atoms with Gasteiger partial charge in [0.2, 0.25) is 0 Å². The van der Waals surface area contributed by atoms with Gasteiger partial charge in [-0.25, -0.2) is 0 Å². The van der Waals surface area contributed by atoms with Gasteiger partial charge in [0.25, 0.3) is 5.91 Å². The van der Waals surface area contributed by atoms with Gasteiger partial charge in [0.15, 0.2) is 6.61 Å². The molecular formula is C16H20N2O2. The Balaban J connectivity index is 1.71. The van der Waals surface area contributed by atoms with E-state index in [-0.39, 0.29) is 18.6 Å². The second kappa shape index (κ2) is 5.67. The Morgan fingerprint density at radius 1 is 1.40 bits per heavy atom. The van der Waals surface area contributed by atoms with Crippen LogP contribution in [-0.4, -0.2) is 18.6 Å². The van der Waals surface area contributed by atoms with Gasteiger partial charge >= 0.3 is 0 Å². The number of allylic oxidation sites excluding steroid dienone is 1. The molecule has 1 aliphatic carbocycles. The topological polar surface area (TPSA) is 50.4 Å². The summed E-state index contributed by atoms with van der Waals surface area (Å²) in [4.78, 5) is 11.4. The molecule has 0 fully saturated rings. The summed E-state index contributed by atoms with van der Waals surface area (Å²) in [6.07, 6.45) is 7.92. The molecule has 2 unspecified atom stereocenters. The lowest BCUT2D eigenvalue weighted by Crippen LogP contribution is -2.32. The first-order chi connectivity index (χ1) is 9.72. The summed E-state index contributed by atoms with van der Waals surface area (Å²) in [6, 6.07) is 6.80. The van der Waals surface area contributed by atoms with E-state index in [4.69, 9.17) is 4.74 Å². The van der Waals surface area contributed by atoms with Crippen LogP contribution in [0.4, 0.5) is 5.69 Å². The second-order valence-electron chi connectivity index (χ2n) is 5.46. The molecule has 2 aliphatic rings. The zero-order valence-electron chi connectivity index (χ0n) is 11.7. The van der Waals surface area contributed by atoms with Gasteiger partial charge in [-0.05, 0) is 43.9 Å². The summed E-state index contributed by atoms with van der Waals surface area (Å²) in [7, 11) is 0. The Morgan fingerprint density at radius 2 is 2.30 bits per heavy atom. The Bertz CT molecular complexity index is 539. The van der Waals surface area contributed by atoms with Crippen molar-refractivity contribution in [1.82, 2.24) is 5.32 Å². The van der Waals surface area contributed by atoms with E-state index in [1.165, 1.54) is 12.0 Å². The first-order valence-electron chi connectivity index (χ1n) is 7.20. The number of benzene rings is 1. The minimum Gasteiger partial charge on any atom is -0.482 e. The third-order valence-corrected chi connectivity index (χ3v) is 3.89. The largest absolute Gasteiger partial charge is 0.482 e. The van der Waals surface area contributed by atoms with E-state index >= 15 is 0 Å². The molecule has 0 radical (unpaired) electrons. The lowest BCUT2D eigenvalue weighted by atomic mass is 9.99. The summed E-state index contributed by atoms with van der Waals surface area (Å²) in [5.74, 6) is 0.661. The number of nitrogens with one attached hydrogen (secondary N) is 2. The quantitative estimate of drug-likeness (QED) is 0.832. The van der Waals surface area contributed by atoms with Crippen LogP contribution in [0.1, 0.15) is 37.8 Å². The van der Waals surface area contributed by atoms with E-state index in [1.54, 1.807) is 0 Å². The highest BCUT2D eigenvalue weighted by molar-refractivity contribution is 5.95. The average molecular weight is 272 g/mol. The van der Waals surface area contributed by atoms with Crippen molar-refractivity contribution in [2.24, 2.45) is 0 Å². The number of carbonyl (C=O) groups is 1. The summed E-state index contributed by atoms with van der Waals surface area (Å²) < 4.78 is 5.38. The molecule has 0 bridgehead atoms. The molecule has 1 aliphatic heterocycles.